The van der Waals surface area contributed by atoms with E-state index in [1.807, 2.05) is 0 Å². The molecular weight excluding hydrogens is 541 g/mol. The summed E-state index contributed by atoms with van der Waals surface area (Å²) in [5.41, 5.74) is 0.104. The summed E-state index contributed by atoms with van der Waals surface area (Å²) in [6.07, 6.45) is -3.14. The molecule has 34 heavy (non-hydrogen) atoms. The van der Waals surface area contributed by atoms with Crippen molar-refractivity contribution in [3.05, 3.63) is 75.8 Å². The molecule has 12 heteroatoms. The minimum atomic E-state index is -4.55. The van der Waals surface area contributed by atoms with E-state index in [9.17, 15) is 36.6 Å². The Kier molecular flexibility index (Phi) is 5.82. The summed E-state index contributed by atoms with van der Waals surface area (Å²) >= 11 is 3.09. The average Bonchev–Trinajstić information content (AvgIpc) is 3.06. The van der Waals surface area contributed by atoms with Crippen molar-refractivity contribution in [1.82, 2.24) is 0 Å². The van der Waals surface area contributed by atoms with E-state index in [0.717, 1.165) is 24.3 Å². The first-order chi connectivity index (χ1) is 15.8. The number of carbonyl (C=O) groups is 1. The Hall–Kier alpha value is -3.51. The van der Waals surface area contributed by atoms with Crippen molar-refractivity contribution in [3.8, 4) is 11.5 Å². The number of amides is 1. The highest BCUT2D eigenvalue weighted by atomic mass is 79.9. The molecule has 0 bridgehead atoms. The number of alkyl halides is 3. The zero-order valence-corrected chi connectivity index (χ0v) is 19.2. The number of phenols is 2. The van der Waals surface area contributed by atoms with Gasteiger partial charge in [0.1, 0.15) is 0 Å². The molecule has 1 aliphatic rings. The van der Waals surface area contributed by atoms with Crippen molar-refractivity contribution in [2.75, 3.05) is 10.0 Å². The van der Waals surface area contributed by atoms with Gasteiger partial charge < -0.3 is 15.5 Å². The summed E-state index contributed by atoms with van der Waals surface area (Å²) < 4.78 is 66.3. The number of sulfonamides is 1. The molecule has 0 aliphatic carbocycles. The quantitative estimate of drug-likeness (QED) is 0.262. The van der Waals surface area contributed by atoms with Gasteiger partial charge in [-0.25, -0.2) is 8.42 Å². The molecule has 0 saturated heterocycles. The van der Waals surface area contributed by atoms with Gasteiger partial charge in [0.15, 0.2) is 11.5 Å². The Morgan fingerprint density at radius 3 is 2.29 bits per heavy atom. The maximum absolute atomic E-state index is 12.8. The summed E-state index contributed by atoms with van der Waals surface area (Å²) in [6.45, 7) is 0. The van der Waals surface area contributed by atoms with E-state index < -0.39 is 33.4 Å². The van der Waals surface area contributed by atoms with Gasteiger partial charge in [-0.3, -0.25) is 9.52 Å². The zero-order chi connectivity index (χ0) is 24.8. The van der Waals surface area contributed by atoms with E-state index in [1.165, 1.54) is 36.4 Å². The van der Waals surface area contributed by atoms with Gasteiger partial charge in [-0.05, 0) is 82.2 Å². The van der Waals surface area contributed by atoms with E-state index in [4.69, 9.17) is 0 Å². The molecule has 0 aromatic heterocycles. The first-order valence-electron chi connectivity index (χ1n) is 9.44. The molecule has 0 unspecified atom stereocenters. The molecule has 0 radical (unpaired) electrons. The second-order valence-corrected chi connectivity index (χ2v) is 9.81. The topological polar surface area (TPSA) is 116 Å². The molecule has 1 heterocycles. The molecule has 0 atom stereocenters. The van der Waals surface area contributed by atoms with Crippen LogP contribution in [0.1, 0.15) is 16.7 Å². The van der Waals surface area contributed by atoms with Crippen LogP contribution in [-0.2, 0) is 21.0 Å². The molecule has 3 aromatic carbocycles. The van der Waals surface area contributed by atoms with Crippen LogP contribution in [0.5, 0.6) is 11.5 Å². The van der Waals surface area contributed by atoms with E-state index in [-0.39, 0.29) is 31.9 Å². The van der Waals surface area contributed by atoms with Crippen LogP contribution in [0.15, 0.2) is 64.0 Å². The van der Waals surface area contributed by atoms with Gasteiger partial charge in [-0.15, -0.1) is 0 Å². The van der Waals surface area contributed by atoms with Crippen LogP contribution in [0.2, 0.25) is 0 Å². The predicted molar refractivity (Wildman–Crippen MR) is 123 cm³/mol. The predicted octanol–water partition coefficient (Wildman–Crippen LogP) is 5.17. The van der Waals surface area contributed by atoms with Crippen molar-refractivity contribution >= 4 is 54.9 Å². The van der Waals surface area contributed by atoms with Crippen molar-refractivity contribution < 1.29 is 36.6 Å². The normalized spacial score (nSPS) is 14.7. The Labute approximate surface area is 199 Å². The number of hydrogen-bond acceptors (Lipinski definition) is 5. The van der Waals surface area contributed by atoms with Crippen molar-refractivity contribution in [2.45, 2.75) is 11.1 Å². The molecule has 1 amide bonds. The van der Waals surface area contributed by atoms with Crippen molar-refractivity contribution in [1.29, 1.82) is 0 Å². The summed E-state index contributed by atoms with van der Waals surface area (Å²) in [6, 6.07) is 10.1. The largest absolute Gasteiger partial charge is 0.504 e. The Bertz CT molecular complexity index is 1430. The number of phenolic OH excluding ortho intramolecular Hbond substituents is 2. The maximum atomic E-state index is 12.8. The summed E-state index contributed by atoms with van der Waals surface area (Å²) in [5.74, 6) is -1.30. The summed E-state index contributed by atoms with van der Waals surface area (Å²) in [7, 11) is -4.19. The lowest BCUT2D eigenvalue weighted by Crippen LogP contribution is -2.13. The Balaban J connectivity index is 1.68. The first-order valence-corrected chi connectivity index (χ1v) is 11.7. The first kappa shape index (κ1) is 23.6. The number of aromatic hydroxyl groups is 2. The molecule has 0 fully saturated rings. The lowest BCUT2D eigenvalue weighted by Gasteiger charge is -2.11. The molecule has 4 rings (SSSR count). The third kappa shape index (κ3) is 4.59. The second-order valence-electron chi connectivity index (χ2n) is 7.27. The smallest absolute Gasteiger partial charge is 0.416 e. The minimum Gasteiger partial charge on any atom is -0.504 e. The average molecular weight is 555 g/mol. The fourth-order valence-electron chi connectivity index (χ4n) is 3.27. The van der Waals surface area contributed by atoms with Gasteiger partial charge in [0.05, 0.1) is 14.9 Å². The van der Waals surface area contributed by atoms with E-state index >= 15 is 0 Å². The van der Waals surface area contributed by atoms with Crippen molar-refractivity contribution in [3.63, 3.8) is 0 Å². The lowest BCUT2D eigenvalue weighted by atomic mass is 10.0. The SMILES string of the molecule is O=C1Nc2ccc(S(=O)(=O)Nc3ccc(C(F)(F)F)cc3)cc2C1=Cc1cc(O)c(O)c(Br)c1. The van der Waals surface area contributed by atoms with Crippen LogP contribution < -0.4 is 10.0 Å². The highest BCUT2D eigenvalue weighted by molar-refractivity contribution is 9.10. The monoisotopic (exact) mass is 554 g/mol. The number of fused-ring (bicyclic) bond motifs is 1. The number of carbonyl (C=O) groups excluding carboxylic acids is 1. The van der Waals surface area contributed by atoms with Gasteiger partial charge in [0.2, 0.25) is 0 Å². The number of rotatable bonds is 4. The standard InChI is InChI=1S/C22H14BrF3N2O5S/c23-17-8-11(9-19(29)20(17)30)7-16-15-10-14(5-6-18(15)27-21(16)31)34(32,33)28-13-3-1-12(2-4-13)22(24,25)26/h1-10,28-30H,(H,27,31). The summed E-state index contributed by atoms with van der Waals surface area (Å²) in [4.78, 5) is 12.3. The van der Waals surface area contributed by atoms with Crippen LogP contribution in [0.4, 0.5) is 24.5 Å². The molecular formula is C22H14BrF3N2O5S. The van der Waals surface area contributed by atoms with Crippen LogP contribution in [0.3, 0.4) is 0 Å². The van der Waals surface area contributed by atoms with E-state index in [0.29, 0.717) is 11.3 Å². The lowest BCUT2D eigenvalue weighted by molar-refractivity contribution is -0.137. The van der Waals surface area contributed by atoms with E-state index in [1.54, 1.807) is 0 Å². The van der Waals surface area contributed by atoms with E-state index in [2.05, 4.69) is 26.0 Å². The Morgan fingerprint density at radius 1 is 1.00 bits per heavy atom. The zero-order valence-electron chi connectivity index (χ0n) is 16.8. The van der Waals surface area contributed by atoms with Crippen LogP contribution in [0.25, 0.3) is 11.6 Å². The molecule has 1 aliphatic heterocycles. The van der Waals surface area contributed by atoms with Crippen molar-refractivity contribution in [2.24, 2.45) is 0 Å². The number of anilines is 2. The number of hydrogen-bond donors (Lipinski definition) is 4. The Morgan fingerprint density at radius 2 is 1.68 bits per heavy atom. The molecule has 176 valence electrons. The molecule has 7 nitrogen and oxygen atoms in total. The molecule has 4 N–H and O–H groups in total. The minimum absolute atomic E-state index is 0.0668. The molecule has 3 aromatic rings. The van der Waals surface area contributed by atoms with Gasteiger partial charge in [-0.1, -0.05) is 0 Å². The van der Waals surface area contributed by atoms with Gasteiger partial charge in [-0.2, -0.15) is 13.2 Å². The second kappa shape index (κ2) is 8.37. The molecule has 0 saturated carbocycles. The highest BCUT2D eigenvalue weighted by Crippen LogP contribution is 2.38. The van der Waals surface area contributed by atoms with Crippen LogP contribution in [-0.4, -0.2) is 24.5 Å². The fraction of sp³-hybridized carbons (Fsp3) is 0.0455. The van der Waals surface area contributed by atoms with Crippen LogP contribution in [0, 0.1) is 0 Å². The van der Waals surface area contributed by atoms with Gasteiger partial charge in [0, 0.05) is 22.5 Å². The van der Waals surface area contributed by atoms with Crippen LogP contribution >= 0.6 is 15.9 Å². The fourth-order valence-corrected chi connectivity index (χ4v) is 4.83. The number of nitrogens with one attached hydrogen (secondary N) is 2. The highest BCUT2D eigenvalue weighted by Gasteiger charge is 2.30. The summed E-state index contributed by atoms with van der Waals surface area (Å²) in [5, 5.41) is 22.1. The number of halogens is 4. The third-order valence-corrected chi connectivity index (χ3v) is 6.91. The number of benzene rings is 3. The molecule has 0 spiro atoms. The van der Waals surface area contributed by atoms with Gasteiger partial charge >= 0.3 is 6.18 Å². The van der Waals surface area contributed by atoms with Gasteiger partial charge in [0.25, 0.3) is 15.9 Å². The third-order valence-electron chi connectivity index (χ3n) is 4.93. The maximum Gasteiger partial charge on any atom is 0.416 e.